The lowest BCUT2D eigenvalue weighted by Crippen LogP contribution is -2.33. The van der Waals surface area contributed by atoms with Crippen molar-refractivity contribution in [3.63, 3.8) is 0 Å². The van der Waals surface area contributed by atoms with Crippen LogP contribution in [-0.4, -0.2) is 89.3 Å². The Bertz CT molecular complexity index is 659. The van der Waals surface area contributed by atoms with Crippen LogP contribution in [0.3, 0.4) is 0 Å². The molecule has 32 heavy (non-hydrogen) atoms. The Balaban J connectivity index is 2.96. The van der Waals surface area contributed by atoms with Crippen molar-refractivity contribution in [1.29, 1.82) is 0 Å². The van der Waals surface area contributed by atoms with Crippen LogP contribution in [0.2, 0.25) is 0 Å². The topological polar surface area (TPSA) is 28.2 Å². The quantitative estimate of drug-likeness (QED) is 0.428. The number of hydrogen-bond donors (Lipinski definition) is 0. The molecule has 0 aromatic heterocycles. The Morgan fingerprint density at radius 1 is 0.656 bits per heavy atom. The summed E-state index contributed by atoms with van der Waals surface area (Å²) in [4.78, 5) is 7.07. The molecule has 0 aliphatic heterocycles. The summed E-state index contributed by atoms with van der Waals surface area (Å²) < 4.78 is 12.2. The van der Waals surface area contributed by atoms with E-state index in [-0.39, 0.29) is 10.8 Å². The third-order valence-corrected chi connectivity index (χ3v) is 5.74. The average molecular weight is 450 g/mol. The minimum Gasteiger partial charge on any atom is -0.496 e. The average Bonchev–Trinajstić information content (AvgIpc) is 2.65. The van der Waals surface area contributed by atoms with Crippen molar-refractivity contribution < 1.29 is 9.47 Å². The minimum atomic E-state index is -0.0177. The largest absolute Gasteiger partial charge is 0.496 e. The molecule has 0 saturated heterocycles. The Morgan fingerprint density at radius 3 is 1.50 bits per heavy atom. The van der Waals surface area contributed by atoms with Gasteiger partial charge in [-0.05, 0) is 90.2 Å². The summed E-state index contributed by atoms with van der Waals surface area (Å²) in [5.74, 6) is 1.94. The van der Waals surface area contributed by atoms with Gasteiger partial charge in [-0.15, -0.1) is 0 Å². The van der Waals surface area contributed by atoms with Crippen LogP contribution < -0.4 is 9.47 Å². The zero-order chi connectivity index (χ0) is 24.5. The molecule has 0 amide bonds. The maximum atomic E-state index is 6.47. The highest BCUT2D eigenvalue weighted by atomic mass is 16.5. The number of hydrogen-bond acceptors (Lipinski definition) is 5. The predicted molar refractivity (Wildman–Crippen MR) is 139 cm³/mol. The molecule has 5 nitrogen and oxygen atoms in total. The molecule has 0 radical (unpaired) electrons. The number of ether oxygens (including phenoxy) is 2. The fourth-order valence-electron chi connectivity index (χ4n) is 3.86. The summed E-state index contributed by atoms with van der Waals surface area (Å²) in [7, 11) is 10.3. The van der Waals surface area contributed by atoms with Gasteiger partial charge in [-0.2, -0.15) is 0 Å². The van der Waals surface area contributed by atoms with E-state index in [1.54, 1.807) is 7.11 Å². The van der Waals surface area contributed by atoms with Gasteiger partial charge in [-0.25, -0.2) is 0 Å². The van der Waals surface area contributed by atoms with E-state index in [1.807, 2.05) is 0 Å². The van der Waals surface area contributed by atoms with E-state index >= 15 is 0 Å². The Hall–Kier alpha value is -1.30. The SMILES string of the molecule is COc1cc(C(C)(C)C)c(OCCN(CCCN(C)C)CCCN(C)C)cc1C(C)(C)C. The van der Waals surface area contributed by atoms with Gasteiger partial charge in [0.2, 0.25) is 0 Å². The summed E-state index contributed by atoms with van der Waals surface area (Å²) in [6.07, 6.45) is 2.36. The zero-order valence-electron chi connectivity index (χ0n) is 23.0. The lowest BCUT2D eigenvalue weighted by molar-refractivity contribution is 0.192. The van der Waals surface area contributed by atoms with Gasteiger partial charge in [0, 0.05) is 17.7 Å². The predicted octanol–water partition coefficient (Wildman–Crippen LogP) is 4.87. The number of nitrogens with zero attached hydrogens (tertiary/aromatic N) is 3. The maximum absolute atomic E-state index is 6.47. The van der Waals surface area contributed by atoms with Crippen molar-refractivity contribution >= 4 is 0 Å². The van der Waals surface area contributed by atoms with Crippen molar-refractivity contribution in [3.8, 4) is 11.5 Å². The second-order valence-corrected chi connectivity index (χ2v) is 11.6. The molecule has 0 bridgehead atoms. The molecule has 0 saturated carbocycles. The van der Waals surface area contributed by atoms with Crippen LogP contribution in [0.4, 0.5) is 0 Å². The van der Waals surface area contributed by atoms with Crippen molar-refractivity contribution in [1.82, 2.24) is 14.7 Å². The lowest BCUT2D eigenvalue weighted by Gasteiger charge is -2.29. The normalized spacial score (nSPS) is 12.8. The first-order valence-electron chi connectivity index (χ1n) is 12.1. The maximum Gasteiger partial charge on any atom is 0.123 e. The zero-order valence-corrected chi connectivity index (χ0v) is 23.0. The molecule has 1 aromatic carbocycles. The standard InChI is InChI=1S/C27H51N3O2/c1-26(2,3)22-21-25(23(27(4,5)6)20-24(22)31-11)32-19-18-30(16-12-14-28(7)8)17-13-15-29(9)10/h20-21H,12-19H2,1-11H3. The molecule has 186 valence electrons. The fraction of sp³-hybridized carbons (Fsp3) is 0.778. The van der Waals surface area contributed by atoms with Crippen molar-refractivity contribution in [3.05, 3.63) is 23.3 Å². The van der Waals surface area contributed by atoms with E-state index in [0.717, 1.165) is 44.2 Å². The van der Waals surface area contributed by atoms with Crippen LogP contribution in [0.25, 0.3) is 0 Å². The van der Waals surface area contributed by atoms with Crippen LogP contribution >= 0.6 is 0 Å². The molecule has 1 rings (SSSR count). The molecule has 0 atom stereocenters. The highest BCUT2D eigenvalue weighted by Crippen LogP contribution is 2.41. The first-order chi connectivity index (χ1) is 14.8. The number of rotatable bonds is 13. The van der Waals surface area contributed by atoms with E-state index in [4.69, 9.17) is 9.47 Å². The highest BCUT2D eigenvalue weighted by molar-refractivity contribution is 5.51. The molecule has 1 aromatic rings. The summed E-state index contributed by atoms with van der Waals surface area (Å²) >= 11 is 0. The molecule has 0 fully saturated rings. The third kappa shape index (κ3) is 10.1. The minimum absolute atomic E-state index is 0.00966. The molecule has 0 unspecified atom stereocenters. The molecule has 0 aliphatic carbocycles. The van der Waals surface area contributed by atoms with Gasteiger partial charge < -0.3 is 19.3 Å². The summed E-state index contributed by atoms with van der Waals surface area (Å²) in [6, 6.07) is 4.39. The van der Waals surface area contributed by atoms with Gasteiger partial charge in [0.1, 0.15) is 18.1 Å². The van der Waals surface area contributed by atoms with Gasteiger partial charge >= 0.3 is 0 Å². The van der Waals surface area contributed by atoms with E-state index < -0.39 is 0 Å². The highest BCUT2D eigenvalue weighted by Gasteiger charge is 2.26. The summed E-state index contributed by atoms with van der Waals surface area (Å²) in [5, 5.41) is 0. The van der Waals surface area contributed by atoms with E-state index in [9.17, 15) is 0 Å². The van der Waals surface area contributed by atoms with Gasteiger partial charge in [-0.3, -0.25) is 4.90 Å². The Kier molecular flexibility index (Phi) is 11.5. The van der Waals surface area contributed by atoms with Crippen LogP contribution in [0, 0.1) is 0 Å². The third-order valence-electron chi connectivity index (χ3n) is 5.74. The first-order valence-corrected chi connectivity index (χ1v) is 12.1. The van der Waals surface area contributed by atoms with Crippen molar-refractivity contribution in [2.45, 2.75) is 65.2 Å². The van der Waals surface area contributed by atoms with Gasteiger partial charge in [0.25, 0.3) is 0 Å². The lowest BCUT2D eigenvalue weighted by atomic mass is 9.81. The summed E-state index contributed by atoms with van der Waals surface area (Å²) in [5.41, 5.74) is 2.37. The Labute approximate surface area is 199 Å². The second kappa shape index (κ2) is 12.8. The van der Waals surface area contributed by atoms with Gasteiger partial charge in [0.05, 0.1) is 7.11 Å². The number of methoxy groups -OCH3 is 1. The van der Waals surface area contributed by atoms with Crippen LogP contribution in [0.5, 0.6) is 11.5 Å². The fourth-order valence-corrected chi connectivity index (χ4v) is 3.86. The van der Waals surface area contributed by atoms with E-state index in [2.05, 4.69) is 96.6 Å². The van der Waals surface area contributed by atoms with E-state index in [1.165, 1.54) is 24.0 Å². The van der Waals surface area contributed by atoms with Crippen LogP contribution in [0.15, 0.2) is 12.1 Å². The second-order valence-electron chi connectivity index (χ2n) is 11.6. The monoisotopic (exact) mass is 449 g/mol. The van der Waals surface area contributed by atoms with Gasteiger partial charge in [-0.1, -0.05) is 41.5 Å². The smallest absolute Gasteiger partial charge is 0.123 e. The number of benzene rings is 1. The molecule has 0 N–H and O–H groups in total. The molecular formula is C27H51N3O2. The molecule has 0 aliphatic rings. The van der Waals surface area contributed by atoms with E-state index in [0.29, 0.717) is 6.61 Å². The van der Waals surface area contributed by atoms with Crippen molar-refractivity contribution in [2.24, 2.45) is 0 Å². The molecular weight excluding hydrogens is 398 g/mol. The van der Waals surface area contributed by atoms with Crippen LogP contribution in [-0.2, 0) is 10.8 Å². The Morgan fingerprint density at radius 2 is 1.09 bits per heavy atom. The summed E-state index contributed by atoms with van der Waals surface area (Å²) in [6.45, 7) is 19.5. The molecule has 5 heteroatoms. The molecule has 0 spiro atoms. The van der Waals surface area contributed by atoms with Crippen molar-refractivity contribution in [2.75, 3.05) is 74.6 Å². The van der Waals surface area contributed by atoms with Crippen LogP contribution in [0.1, 0.15) is 65.5 Å². The first kappa shape index (κ1) is 28.7. The molecule has 0 heterocycles. The van der Waals surface area contributed by atoms with Gasteiger partial charge in [0.15, 0.2) is 0 Å².